The van der Waals surface area contributed by atoms with Crippen molar-refractivity contribution in [2.75, 3.05) is 14.1 Å². The van der Waals surface area contributed by atoms with E-state index in [0.717, 1.165) is 11.1 Å². The standard InChI is InChI=1S/C30H30N2O8/c1-12-8-13(2)10-14(9-12)11-16-15-6-5-7-17(33)18(15)24(34)20-19(16)25(35)22-23(32(3)4)26(36)21(29(31)39)28(38)30(22,40)27(20)37/h5-11,19,22-23,25,33-35,38,40H,1-4H3,(H2,31,39)/b16-11+. The van der Waals surface area contributed by atoms with Crippen LogP contribution in [0.3, 0.4) is 0 Å². The van der Waals surface area contributed by atoms with Gasteiger partial charge in [0.05, 0.1) is 29.2 Å². The highest BCUT2D eigenvalue weighted by Crippen LogP contribution is 2.56. The van der Waals surface area contributed by atoms with Crippen molar-refractivity contribution < 1.29 is 39.9 Å². The zero-order valence-electron chi connectivity index (χ0n) is 22.3. The van der Waals surface area contributed by atoms with Crippen LogP contribution >= 0.6 is 0 Å². The van der Waals surface area contributed by atoms with Gasteiger partial charge < -0.3 is 31.3 Å². The number of rotatable bonds is 3. The molecule has 10 nitrogen and oxygen atoms in total. The Bertz CT molecular complexity index is 1580. The first-order valence-corrected chi connectivity index (χ1v) is 12.7. The highest BCUT2D eigenvalue weighted by Gasteiger charge is 2.68. The van der Waals surface area contributed by atoms with Crippen molar-refractivity contribution >= 4 is 34.9 Å². The molecule has 5 atom stereocenters. The van der Waals surface area contributed by atoms with E-state index < -0.39 is 69.7 Å². The minimum Gasteiger partial charge on any atom is -0.508 e. The quantitative estimate of drug-likeness (QED) is 0.311. The summed E-state index contributed by atoms with van der Waals surface area (Å²) in [5.41, 5.74) is 4.16. The summed E-state index contributed by atoms with van der Waals surface area (Å²) in [7, 11) is 2.93. The molecule has 0 saturated heterocycles. The molecule has 5 rings (SSSR count). The number of aliphatic hydroxyl groups is 4. The van der Waals surface area contributed by atoms with Gasteiger partial charge in [-0.25, -0.2) is 0 Å². The third-order valence-electron chi connectivity index (χ3n) is 8.10. The molecule has 1 fully saturated rings. The van der Waals surface area contributed by atoms with Crippen LogP contribution in [-0.2, 0) is 14.4 Å². The summed E-state index contributed by atoms with van der Waals surface area (Å²) < 4.78 is 0. The molecule has 3 aliphatic rings. The number of hydrogen-bond acceptors (Lipinski definition) is 9. The van der Waals surface area contributed by atoms with E-state index in [1.54, 1.807) is 18.2 Å². The molecule has 1 saturated carbocycles. The van der Waals surface area contributed by atoms with Gasteiger partial charge >= 0.3 is 0 Å². The van der Waals surface area contributed by atoms with E-state index >= 15 is 0 Å². The van der Waals surface area contributed by atoms with Crippen LogP contribution in [0.1, 0.15) is 27.8 Å². The van der Waals surface area contributed by atoms with E-state index in [9.17, 15) is 39.9 Å². The van der Waals surface area contributed by atoms with E-state index in [4.69, 9.17) is 5.73 Å². The fourth-order valence-electron chi connectivity index (χ4n) is 6.58. The van der Waals surface area contributed by atoms with Crippen molar-refractivity contribution in [3.8, 4) is 5.75 Å². The summed E-state index contributed by atoms with van der Waals surface area (Å²) >= 11 is 0. The molecule has 0 heterocycles. The summed E-state index contributed by atoms with van der Waals surface area (Å²) in [5.74, 6) is -8.78. The molecule has 0 aliphatic heterocycles. The lowest BCUT2D eigenvalue weighted by Gasteiger charge is -2.53. The molecule has 5 unspecified atom stereocenters. The van der Waals surface area contributed by atoms with Crippen LogP contribution in [0, 0.1) is 25.7 Å². The maximum absolute atomic E-state index is 14.2. The monoisotopic (exact) mass is 546 g/mol. The summed E-state index contributed by atoms with van der Waals surface area (Å²) in [5, 5.41) is 56.9. The van der Waals surface area contributed by atoms with E-state index in [1.807, 2.05) is 32.0 Å². The normalized spacial score (nSPS) is 29.0. The maximum Gasteiger partial charge on any atom is 0.255 e. The number of ketones is 2. The van der Waals surface area contributed by atoms with Crippen molar-refractivity contribution in [2.45, 2.75) is 31.6 Å². The number of aliphatic hydroxyl groups excluding tert-OH is 3. The number of aryl methyl sites for hydroxylation is 2. The zero-order valence-corrected chi connectivity index (χ0v) is 22.3. The average Bonchev–Trinajstić information content (AvgIpc) is 2.84. The van der Waals surface area contributed by atoms with Gasteiger partial charge in [0, 0.05) is 5.92 Å². The highest BCUT2D eigenvalue weighted by molar-refractivity contribution is 6.25. The molecule has 2 aromatic rings. The largest absolute Gasteiger partial charge is 0.508 e. The minimum absolute atomic E-state index is 0.0957. The number of nitrogens with two attached hydrogens (primary N) is 1. The van der Waals surface area contributed by atoms with Gasteiger partial charge in [-0.3, -0.25) is 19.3 Å². The van der Waals surface area contributed by atoms with Gasteiger partial charge in [0.2, 0.25) is 5.78 Å². The second-order valence-electron chi connectivity index (χ2n) is 10.9. The SMILES string of the molecule is Cc1cc(C)cc(/C=C2\c3cccc(O)c3C(O)=C3C(=O)C4(O)C(O)=C(C(N)=O)C(=O)C(N(C)C)C4C(O)C32)c1. The molecule has 40 heavy (non-hydrogen) atoms. The van der Waals surface area contributed by atoms with Crippen molar-refractivity contribution in [1.82, 2.24) is 4.90 Å². The third-order valence-corrected chi connectivity index (χ3v) is 8.10. The molecule has 3 aliphatic carbocycles. The van der Waals surface area contributed by atoms with Gasteiger partial charge in [-0.2, -0.15) is 0 Å². The van der Waals surface area contributed by atoms with E-state index in [-0.39, 0.29) is 11.3 Å². The Hall–Kier alpha value is -4.25. The number of benzene rings is 2. The lowest BCUT2D eigenvalue weighted by molar-refractivity contribution is -0.166. The van der Waals surface area contributed by atoms with Gasteiger partial charge in [-0.1, -0.05) is 47.5 Å². The third kappa shape index (κ3) is 3.64. The molecule has 10 heteroatoms. The van der Waals surface area contributed by atoms with Gasteiger partial charge in [-0.15, -0.1) is 0 Å². The van der Waals surface area contributed by atoms with Crippen LogP contribution < -0.4 is 5.73 Å². The molecular formula is C30H30N2O8. The zero-order chi connectivity index (χ0) is 29.4. The number of carbonyl (C=O) groups excluding carboxylic acids is 3. The molecule has 7 N–H and O–H groups in total. The Labute approximate surface area is 230 Å². The molecule has 0 bridgehead atoms. The van der Waals surface area contributed by atoms with Gasteiger partial charge in [0.15, 0.2) is 11.4 Å². The predicted molar refractivity (Wildman–Crippen MR) is 146 cm³/mol. The lowest BCUT2D eigenvalue weighted by atomic mass is 9.55. The average molecular weight is 547 g/mol. The van der Waals surface area contributed by atoms with Crippen LogP contribution in [0.25, 0.3) is 17.4 Å². The van der Waals surface area contributed by atoms with Crippen LogP contribution in [0.4, 0.5) is 0 Å². The first-order chi connectivity index (χ1) is 18.7. The number of primary amides is 1. The Kier molecular flexibility index (Phi) is 6.25. The second kappa shape index (κ2) is 9.16. The number of hydrogen-bond donors (Lipinski definition) is 6. The molecule has 2 aromatic carbocycles. The highest BCUT2D eigenvalue weighted by atomic mass is 16.4. The molecule has 0 radical (unpaired) electrons. The maximum atomic E-state index is 14.2. The van der Waals surface area contributed by atoms with Crippen LogP contribution in [-0.4, -0.2) is 79.7 Å². The lowest BCUT2D eigenvalue weighted by Crippen LogP contribution is -2.70. The Morgan fingerprint density at radius 1 is 1.05 bits per heavy atom. The van der Waals surface area contributed by atoms with Crippen LogP contribution in [0.15, 0.2) is 53.3 Å². The van der Waals surface area contributed by atoms with Crippen LogP contribution in [0.2, 0.25) is 0 Å². The summed E-state index contributed by atoms with van der Waals surface area (Å²) in [6.45, 7) is 3.82. The first kappa shape index (κ1) is 27.3. The molecule has 0 spiro atoms. The first-order valence-electron chi connectivity index (χ1n) is 12.7. The van der Waals surface area contributed by atoms with E-state index in [2.05, 4.69) is 0 Å². The molecule has 1 amide bonds. The second-order valence-corrected chi connectivity index (χ2v) is 10.9. The fraction of sp³-hybridized carbons (Fsp3) is 0.300. The number of nitrogens with zero attached hydrogens (tertiary/aromatic N) is 1. The Morgan fingerprint density at radius 3 is 2.25 bits per heavy atom. The van der Waals surface area contributed by atoms with Crippen molar-refractivity contribution in [2.24, 2.45) is 17.6 Å². The predicted octanol–water partition coefficient (Wildman–Crippen LogP) is 1.55. The summed E-state index contributed by atoms with van der Waals surface area (Å²) in [6.07, 6.45) is -0.00347. The van der Waals surface area contributed by atoms with E-state index in [0.29, 0.717) is 16.7 Å². The van der Waals surface area contributed by atoms with Crippen molar-refractivity contribution in [1.29, 1.82) is 0 Å². The minimum atomic E-state index is -2.97. The molecular weight excluding hydrogens is 516 g/mol. The summed E-state index contributed by atoms with van der Waals surface area (Å²) in [4.78, 5) is 41.1. The topological polar surface area (TPSA) is 182 Å². The number of phenols is 1. The number of Topliss-reactive ketones (excluding diaryl/α,β-unsaturated/α-hetero) is 2. The van der Waals surface area contributed by atoms with E-state index in [1.165, 1.54) is 25.1 Å². The fourth-order valence-corrected chi connectivity index (χ4v) is 6.58. The number of phenolic OH excluding ortho intramolecular Hbond substituents is 1. The number of amides is 1. The Morgan fingerprint density at radius 2 is 1.68 bits per heavy atom. The number of likely N-dealkylation sites (N-methyl/N-ethyl adjacent to an activating group) is 1. The Balaban J connectivity index is 1.87. The van der Waals surface area contributed by atoms with Gasteiger partial charge in [0.1, 0.15) is 22.8 Å². The van der Waals surface area contributed by atoms with Crippen molar-refractivity contribution in [3.05, 3.63) is 81.1 Å². The van der Waals surface area contributed by atoms with Gasteiger partial charge in [-0.05, 0) is 50.7 Å². The van der Waals surface area contributed by atoms with Crippen LogP contribution in [0.5, 0.6) is 5.75 Å². The smallest absolute Gasteiger partial charge is 0.255 e. The van der Waals surface area contributed by atoms with Crippen molar-refractivity contribution in [3.63, 3.8) is 0 Å². The summed E-state index contributed by atoms with van der Waals surface area (Å²) in [6, 6.07) is 8.79. The number of fused-ring (bicyclic) bond motifs is 3. The molecule has 0 aromatic heterocycles. The number of carbonyl (C=O) groups is 3. The number of aromatic hydroxyl groups is 1. The van der Waals surface area contributed by atoms with Gasteiger partial charge in [0.25, 0.3) is 5.91 Å². The molecule has 208 valence electrons.